The molecule has 1 aromatic heterocycles. The fraction of sp³-hybridized carbons (Fsp3) is 0.200. The summed E-state index contributed by atoms with van der Waals surface area (Å²) < 4.78 is 1.57. The molecule has 1 aliphatic rings. The predicted octanol–water partition coefficient (Wildman–Crippen LogP) is 2.28. The van der Waals surface area contributed by atoms with Crippen LogP contribution in [-0.4, -0.2) is 27.8 Å². The Morgan fingerprint density at radius 2 is 1.73 bits per heavy atom. The van der Waals surface area contributed by atoms with E-state index in [0.29, 0.717) is 22.5 Å². The van der Waals surface area contributed by atoms with Crippen molar-refractivity contribution in [1.29, 1.82) is 0 Å². The van der Waals surface area contributed by atoms with Crippen LogP contribution in [0.4, 0.5) is 11.5 Å². The summed E-state index contributed by atoms with van der Waals surface area (Å²) in [5.74, 6) is -0.177. The monoisotopic (exact) mass is 348 g/mol. The van der Waals surface area contributed by atoms with Gasteiger partial charge in [-0.15, -0.1) is 0 Å². The molecule has 0 saturated heterocycles. The smallest absolute Gasteiger partial charge is 0.268 e. The summed E-state index contributed by atoms with van der Waals surface area (Å²) in [5, 5.41) is 16.0. The van der Waals surface area contributed by atoms with Gasteiger partial charge in [0.15, 0.2) is 0 Å². The molecule has 0 aliphatic carbocycles. The first-order valence-electron chi connectivity index (χ1n) is 8.38. The van der Waals surface area contributed by atoms with E-state index in [-0.39, 0.29) is 5.82 Å². The van der Waals surface area contributed by atoms with Crippen molar-refractivity contribution < 1.29 is 9.90 Å². The Bertz CT molecular complexity index is 1020. The molecular formula is C20H20N4O2. The van der Waals surface area contributed by atoms with Crippen molar-refractivity contribution in [3.05, 3.63) is 70.9 Å². The SMILES string of the molecule is Cc1ccc(-n2nc(C)c([C@]3(O)C(=O)N(C)c4ccccc43)c2N)cc1. The van der Waals surface area contributed by atoms with Gasteiger partial charge in [0.2, 0.25) is 5.60 Å². The first-order valence-corrected chi connectivity index (χ1v) is 8.38. The standard InChI is InChI=1S/C20H20N4O2/c1-12-8-10-14(11-9-12)24-18(21)17(13(2)22-24)20(26)15-6-4-5-7-16(15)23(3)19(20)25/h4-11,26H,21H2,1-3H3/t20-/m0/s1. The number of benzene rings is 2. The van der Waals surface area contributed by atoms with E-state index in [4.69, 9.17) is 5.73 Å². The predicted molar refractivity (Wildman–Crippen MR) is 100 cm³/mol. The molecule has 1 amide bonds. The first-order chi connectivity index (χ1) is 12.4. The second-order valence-electron chi connectivity index (χ2n) is 6.68. The topological polar surface area (TPSA) is 84.4 Å². The van der Waals surface area contributed by atoms with E-state index in [2.05, 4.69) is 5.10 Å². The van der Waals surface area contributed by atoms with Crippen molar-refractivity contribution in [2.24, 2.45) is 0 Å². The third-order valence-electron chi connectivity index (χ3n) is 5.01. The van der Waals surface area contributed by atoms with Gasteiger partial charge in [0.05, 0.1) is 22.6 Å². The molecule has 132 valence electrons. The van der Waals surface area contributed by atoms with E-state index in [0.717, 1.165) is 11.3 Å². The summed E-state index contributed by atoms with van der Waals surface area (Å²) in [7, 11) is 1.65. The summed E-state index contributed by atoms with van der Waals surface area (Å²) in [5.41, 5.74) is 8.47. The number of likely N-dealkylation sites (N-methyl/N-ethyl adjacent to an activating group) is 1. The van der Waals surface area contributed by atoms with Crippen LogP contribution in [0.15, 0.2) is 48.5 Å². The normalized spacial score (nSPS) is 19.1. The van der Waals surface area contributed by atoms with Crippen molar-refractivity contribution in [2.45, 2.75) is 19.4 Å². The molecule has 3 N–H and O–H groups in total. The van der Waals surface area contributed by atoms with Gasteiger partial charge in [0, 0.05) is 12.6 Å². The second kappa shape index (κ2) is 5.44. The zero-order valence-electron chi connectivity index (χ0n) is 14.9. The molecule has 2 heterocycles. The number of hydrogen-bond donors (Lipinski definition) is 2. The summed E-state index contributed by atoms with van der Waals surface area (Å²) >= 11 is 0. The molecule has 1 aliphatic heterocycles. The minimum Gasteiger partial charge on any atom is -0.383 e. The third-order valence-corrected chi connectivity index (χ3v) is 5.01. The van der Waals surface area contributed by atoms with Crippen LogP contribution < -0.4 is 10.6 Å². The summed E-state index contributed by atoms with van der Waals surface area (Å²) in [4.78, 5) is 14.4. The average Bonchev–Trinajstić information content (AvgIpc) is 3.04. The Hall–Kier alpha value is -3.12. The van der Waals surface area contributed by atoms with Gasteiger partial charge >= 0.3 is 0 Å². The first kappa shape index (κ1) is 16.4. The number of carbonyl (C=O) groups is 1. The van der Waals surface area contributed by atoms with Crippen LogP contribution in [0.25, 0.3) is 5.69 Å². The van der Waals surface area contributed by atoms with Crippen LogP contribution in [0.1, 0.15) is 22.4 Å². The molecule has 2 aromatic carbocycles. The number of para-hydroxylation sites is 1. The lowest BCUT2D eigenvalue weighted by Crippen LogP contribution is -2.40. The van der Waals surface area contributed by atoms with Gasteiger partial charge < -0.3 is 15.7 Å². The van der Waals surface area contributed by atoms with E-state index in [1.165, 1.54) is 4.90 Å². The maximum atomic E-state index is 13.0. The lowest BCUT2D eigenvalue weighted by molar-refractivity contribution is -0.131. The Labute approximate surface area is 151 Å². The van der Waals surface area contributed by atoms with Crippen molar-refractivity contribution >= 4 is 17.4 Å². The van der Waals surface area contributed by atoms with Gasteiger partial charge in [-0.3, -0.25) is 4.79 Å². The quantitative estimate of drug-likeness (QED) is 0.744. The minimum absolute atomic E-state index is 0.257. The van der Waals surface area contributed by atoms with Crippen LogP contribution in [0.5, 0.6) is 0 Å². The number of rotatable bonds is 2. The number of aliphatic hydroxyl groups is 1. The van der Waals surface area contributed by atoms with E-state index in [1.807, 2.05) is 37.3 Å². The molecule has 4 rings (SSSR count). The summed E-state index contributed by atoms with van der Waals surface area (Å²) in [6, 6.07) is 14.9. The molecule has 1 atom stereocenters. The fourth-order valence-corrected chi connectivity index (χ4v) is 3.66. The third kappa shape index (κ3) is 2.02. The van der Waals surface area contributed by atoms with E-state index in [9.17, 15) is 9.90 Å². The number of fused-ring (bicyclic) bond motifs is 1. The Morgan fingerprint density at radius 3 is 2.42 bits per heavy atom. The summed E-state index contributed by atoms with van der Waals surface area (Å²) in [6.07, 6.45) is 0. The summed E-state index contributed by atoms with van der Waals surface area (Å²) in [6.45, 7) is 3.75. The lowest BCUT2D eigenvalue weighted by Gasteiger charge is -2.22. The maximum Gasteiger partial charge on any atom is 0.268 e. The largest absolute Gasteiger partial charge is 0.383 e. The Morgan fingerprint density at radius 1 is 1.08 bits per heavy atom. The number of aryl methyl sites for hydroxylation is 2. The molecule has 0 unspecified atom stereocenters. The highest BCUT2D eigenvalue weighted by Gasteiger charge is 2.52. The highest BCUT2D eigenvalue weighted by Crippen LogP contribution is 2.46. The van der Waals surface area contributed by atoms with Crippen LogP contribution >= 0.6 is 0 Å². The van der Waals surface area contributed by atoms with Crippen LogP contribution in [-0.2, 0) is 10.4 Å². The zero-order chi connectivity index (χ0) is 18.6. The minimum atomic E-state index is -1.84. The number of aromatic nitrogens is 2. The van der Waals surface area contributed by atoms with Gasteiger partial charge in [-0.25, -0.2) is 4.68 Å². The van der Waals surface area contributed by atoms with Crippen molar-refractivity contribution in [2.75, 3.05) is 17.7 Å². The Balaban J connectivity index is 1.94. The number of hydrogen-bond acceptors (Lipinski definition) is 4. The molecule has 0 radical (unpaired) electrons. The molecule has 0 bridgehead atoms. The number of amides is 1. The number of nitrogen functional groups attached to an aromatic ring is 1. The van der Waals surface area contributed by atoms with Crippen molar-refractivity contribution in [1.82, 2.24) is 9.78 Å². The maximum absolute atomic E-state index is 13.0. The number of carbonyl (C=O) groups excluding carboxylic acids is 1. The van der Waals surface area contributed by atoms with Gasteiger partial charge in [-0.2, -0.15) is 5.10 Å². The molecule has 0 saturated carbocycles. The van der Waals surface area contributed by atoms with Crippen LogP contribution in [0, 0.1) is 13.8 Å². The van der Waals surface area contributed by atoms with Crippen molar-refractivity contribution in [3.8, 4) is 5.69 Å². The lowest BCUT2D eigenvalue weighted by atomic mass is 9.87. The highest BCUT2D eigenvalue weighted by atomic mass is 16.3. The number of nitrogens with zero attached hydrogens (tertiary/aromatic N) is 3. The molecule has 3 aromatic rings. The second-order valence-corrected chi connectivity index (χ2v) is 6.68. The molecular weight excluding hydrogens is 328 g/mol. The fourth-order valence-electron chi connectivity index (χ4n) is 3.66. The van der Waals surface area contributed by atoms with Gasteiger partial charge in [-0.05, 0) is 32.0 Å². The van der Waals surface area contributed by atoms with Gasteiger partial charge in [-0.1, -0.05) is 35.9 Å². The van der Waals surface area contributed by atoms with E-state index < -0.39 is 11.5 Å². The van der Waals surface area contributed by atoms with E-state index in [1.54, 1.807) is 36.9 Å². The molecule has 26 heavy (non-hydrogen) atoms. The van der Waals surface area contributed by atoms with Crippen LogP contribution in [0.2, 0.25) is 0 Å². The highest BCUT2D eigenvalue weighted by molar-refractivity contribution is 6.09. The molecule has 6 nitrogen and oxygen atoms in total. The zero-order valence-corrected chi connectivity index (χ0v) is 14.9. The van der Waals surface area contributed by atoms with Crippen LogP contribution in [0.3, 0.4) is 0 Å². The molecule has 0 spiro atoms. The van der Waals surface area contributed by atoms with Crippen molar-refractivity contribution in [3.63, 3.8) is 0 Å². The molecule has 0 fully saturated rings. The molecule has 6 heteroatoms. The number of nitrogens with two attached hydrogens (primary N) is 1. The van der Waals surface area contributed by atoms with E-state index >= 15 is 0 Å². The average molecular weight is 348 g/mol. The van der Waals surface area contributed by atoms with Gasteiger partial charge in [0.25, 0.3) is 5.91 Å². The van der Waals surface area contributed by atoms with Gasteiger partial charge in [0.1, 0.15) is 5.82 Å². The Kier molecular flexibility index (Phi) is 3.42. The number of anilines is 2.